The number of aromatic nitrogens is 1. The fraction of sp³-hybridized carbons (Fsp3) is 0.516. The lowest BCUT2D eigenvalue weighted by atomic mass is 9.89. The molecule has 4 rings (SSSR count). The van der Waals surface area contributed by atoms with Crippen LogP contribution < -0.4 is 16.1 Å². The summed E-state index contributed by atoms with van der Waals surface area (Å²) >= 11 is 0. The number of fused-ring (bicyclic) bond motifs is 4. The maximum absolute atomic E-state index is 13.5. The normalized spacial score (nSPS) is 25.7. The van der Waals surface area contributed by atoms with Gasteiger partial charge in [0.05, 0.1) is 23.2 Å². The van der Waals surface area contributed by atoms with Gasteiger partial charge in [-0.05, 0) is 57.2 Å². The summed E-state index contributed by atoms with van der Waals surface area (Å²) in [6, 6.07) is 6.86. The molecule has 4 atom stereocenters. The molecule has 2 aliphatic heterocycles. The van der Waals surface area contributed by atoms with Gasteiger partial charge in [-0.2, -0.15) is 0 Å². The van der Waals surface area contributed by atoms with E-state index in [1.54, 1.807) is 26.8 Å². The van der Waals surface area contributed by atoms with Gasteiger partial charge in [-0.3, -0.25) is 24.2 Å². The molecule has 11 nitrogen and oxygen atoms in total. The fourth-order valence-electron chi connectivity index (χ4n) is 4.95. The molecule has 226 valence electrons. The molecule has 3 amide bonds. The van der Waals surface area contributed by atoms with Crippen molar-refractivity contribution in [2.24, 2.45) is 11.3 Å². The second-order valence-corrected chi connectivity index (χ2v) is 11.8. The molecular formula is C31H41N5O6. The van der Waals surface area contributed by atoms with E-state index in [4.69, 9.17) is 14.5 Å². The summed E-state index contributed by atoms with van der Waals surface area (Å²) in [6.45, 7) is 9.19. The van der Waals surface area contributed by atoms with Gasteiger partial charge in [0.25, 0.3) is 5.91 Å². The van der Waals surface area contributed by atoms with Gasteiger partial charge in [0.15, 0.2) is 0 Å². The van der Waals surface area contributed by atoms with Crippen LogP contribution in [0, 0.1) is 11.3 Å². The van der Waals surface area contributed by atoms with E-state index in [-0.39, 0.29) is 18.4 Å². The van der Waals surface area contributed by atoms with Crippen molar-refractivity contribution >= 4 is 40.7 Å². The van der Waals surface area contributed by atoms with Crippen molar-refractivity contribution in [1.29, 1.82) is 0 Å². The van der Waals surface area contributed by atoms with Crippen LogP contribution in [0.15, 0.2) is 36.4 Å². The predicted octanol–water partition coefficient (Wildman–Crippen LogP) is 2.66. The van der Waals surface area contributed by atoms with Gasteiger partial charge in [0.2, 0.25) is 11.8 Å². The number of cyclic esters (lactones) is 1. The molecule has 3 heterocycles. The van der Waals surface area contributed by atoms with Crippen LogP contribution in [0.2, 0.25) is 0 Å². The lowest BCUT2D eigenvalue weighted by molar-refractivity contribution is -0.157. The predicted molar refractivity (Wildman–Crippen MR) is 158 cm³/mol. The number of nitrogens with zero attached hydrogens (tertiary/aromatic N) is 2. The Morgan fingerprint density at radius 3 is 2.57 bits per heavy atom. The molecule has 2 aliphatic rings. The molecule has 0 spiro atoms. The lowest BCUT2D eigenvalue weighted by Gasteiger charge is -2.35. The summed E-state index contributed by atoms with van der Waals surface area (Å²) in [4.78, 5) is 58.2. The highest BCUT2D eigenvalue weighted by Gasteiger charge is 2.36. The van der Waals surface area contributed by atoms with Gasteiger partial charge < -0.3 is 20.1 Å². The molecule has 1 saturated heterocycles. The number of ether oxygens (including phenoxy) is 2. The smallest absolute Gasteiger partial charge is 0.325 e. The third-order valence-electron chi connectivity index (χ3n) is 7.65. The Morgan fingerprint density at radius 1 is 1.12 bits per heavy atom. The lowest BCUT2D eigenvalue weighted by Crippen LogP contribution is -2.62. The first kappa shape index (κ1) is 31.1. The van der Waals surface area contributed by atoms with Gasteiger partial charge in [-0.25, -0.2) is 10.4 Å². The fourth-order valence-corrected chi connectivity index (χ4v) is 4.95. The first-order chi connectivity index (χ1) is 19.9. The number of amides is 3. The average Bonchev–Trinajstić information content (AvgIpc) is 2.96. The Kier molecular flexibility index (Phi) is 9.63. The topological polar surface area (TPSA) is 139 Å². The van der Waals surface area contributed by atoms with Crippen LogP contribution in [-0.2, 0) is 28.7 Å². The van der Waals surface area contributed by atoms with Gasteiger partial charge >= 0.3 is 5.97 Å². The minimum absolute atomic E-state index is 0.0888. The maximum Gasteiger partial charge on any atom is 0.325 e. The van der Waals surface area contributed by atoms with Crippen molar-refractivity contribution in [1.82, 2.24) is 26.1 Å². The third-order valence-corrected chi connectivity index (χ3v) is 7.65. The van der Waals surface area contributed by atoms with E-state index in [0.717, 1.165) is 16.5 Å². The van der Waals surface area contributed by atoms with Crippen LogP contribution in [0.5, 0.6) is 0 Å². The second-order valence-electron chi connectivity index (χ2n) is 11.8. The number of pyridine rings is 1. The van der Waals surface area contributed by atoms with Gasteiger partial charge in [-0.1, -0.05) is 44.2 Å². The Balaban J connectivity index is 1.72. The Morgan fingerprint density at radius 2 is 1.86 bits per heavy atom. The van der Waals surface area contributed by atoms with Crippen LogP contribution in [0.4, 0.5) is 0 Å². The number of esters is 1. The molecule has 11 heteroatoms. The summed E-state index contributed by atoms with van der Waals surface area (Å²) in [6.07, 6.45) is 4.04. The van der Waals surface area contributed by atoms with E-state index >= 15 is 0 Å². The number of hydrazine groups is 1. The number of benzene rings is 1. The monoisotopic (exact) mass is 579 g/mol. The molecule has 3 N–H and O–H groups in total. The summed E-state index contributed by atoms with van der Waals surface area (Å²) < 4.78 is 11.0. The number of hydrogen-bond acceptors (Lipinski definition) is 8. The van der Waals surface area contributed by atoms with E-state index in [1.807, 2.05) is 50.3 Å². The zero-order valence-electron chi connectivity index (χ0n) is 25.1. The molecule has 2 aromatic rings. The number of carbonyl (C=O) groups is 4. The third kappa shape index (κ3) is 7.14. The van der Waals surface area contributed by atoms with E-state index in [1.165, 1.54) is 12.1 Å². The summed E-state index contributed by atoms with van der Waals surface area (Å²) in [5, 5.41) is 7.88. The minimum atomic E-state index is -1.04. The molecule has 5 bridgehead atoms. The number of carbonyl (C=O) groups excluding carboxylic acids is 4. The maximum atomic E-state index is 13.5. The van der Waals surface area contributed by atoms with Crippen LogP contribution in [0.1, 0.15) is 64.8 Å². The highest BCUT2D eigenvalue weighted by atomic mass is 16.5. The molecule has 1 fully saturated rings. The zero-order valence-corrected chi connectivity index (χ0v) is 25.1. The van der Waals surface area contributed by atoms with Crippen LogP contribution in [0.25, 0.3) is 17.0 Å². The Hall–Kier alpha value is -3.83. The largest absolute Gasteiger partial charge is 0.455 e. The standard InChI is InChI=1S/C31H41N5O6/c1-18(2)26-27(37)33-25(17-41-6)28(38)36-15-7-8-23(35-36)29(39)42-19(3)22-12-11-21-10-9-20(16-24(21)32-22)13-14-31(4,5)30(40)34-26/h9-14,16,18-19,23,25-26,35H,7-8,15,17H2,1-6H3,(H,33,37)(H,34,40). The molecule has 4 unspecified atom stereocenters. The quantitative estimate of drug-likeness (QED) is 0.472. The highest BCUT2D eigenvalue weighted by Crippen LogP contribution is 2.25. The van der Waals surface area contributed by atoms with Gasteiger partial charge in [0, 0.05) is 19.0 Å². The minimum Gasteiger partial charge on any atom is -0.455 e. The highest BCUT2D eigenvalue weighted by molar-refractivity contribution is 5.94. The molecular weight excluding hydrogens is 538 g/mol. The molecule has 1 aromatic heterocycles. The van der Waals surface area contributed by atoms with Crippen LogP contribution in [0.3, 0.4) is 0 Å². The number of rotatable bonds is 3. The number of hydrogen-bond donors (Lipinski definition) is 3. The molecule has 0 aliphatic carbocycles. The summed E-state index contributed by atoms with van der Waals surface area (Å²) in [7, 11) is 1.43. The molecule has 0 saturated carbocycles. The molecule has 0 radical (unpaired) electrons. The van der Waals surface area contributed by atoms with Crippen molar-refractivity contribution in [3.8, 4) is 0 Å². The SMILES string of the molecule is COCC1NC(=O)C(C(C)C)NC(=O)C(C)(C)C=Cc2ccc3ccc(nc3c2)C(C)OC(=O)C2CCCN(N2)C1=O. The van der Waals surface area contributed by atoms with E-state index in [9.17, 15) is 19.2 Å². The number of nitrogens with one attached hydrogen (secondary N) is 3. The summed E-state index contributed by atoms with van der Waals surface area (Å²) in [5.41, 5.74) is 4.18. The van der Waals surface area contributed by atoms with Crippen molar-refractivity contribution in [2.45, 2.75) is 71.7 Å². The number of methoxy groups -OCH3 is 1. The van der Waals surface area contributed by atoms with E-state index in [0.29, 0.717) is 25.1 Å². The van der Waals surface area contributed by atoms with Crippen molar-refractivity contribution in [2.75, 3.05) is 20.3 Å². The first-order valence-electron chi connectivity index (χ1n) is 14.4. The van der Waals surface area contributed by atoms with Crippen LogP contribution in [-0.4, -0.2) is 72.1 Å². The Bertz CT molecular complexity index is 1370. The van der Waals surface area contributed by atoms with Crippen molar-refractivity contribution in [3.63, 3.8) is 0 Å². The first-order valence-corrected chi connectivity index (χ1v) is 14.4. The molecule has 42 heavy (non-hydrogen) atoms. The zero-order chi connectivity index (χ0) is 30.6. The Labute approximate surface area is 246 Å². The van der Waals surface area contributed by atoms with E-state index in [2.05, 4.69) is 16.1 Å². The summed E-state index contributed by atoms with van der Waals surface area (Å²) in [5.74, 6) is -2.05. The molecule has 1 aromatic carbocycles. The van der Waals surface area contributed by atoms with Crippen molar-refractivity contribution in [3.05, 3.63) is 47.7 Å². The van der Waals surface area contributed by atoms with Crippen LogP contribution >= 0.6 is 0 Å². The average molecular weight is 580 g/mol. The van der Waals surface area contributed by atoms with E-state index < -0.39 is 47.4 Å². The van der Waals surface area contributed by atoms with Gasteiger partial charge in [0.1, 0.15) is 24.2 Å². The van der Waals surface area contributed by atoms with Gasteiger partial charge in [-0.15, -0.1) is 0 Å². The van der Waals surface area contributed by atoms with Crippen molar-refractivity contribution < 1.29 is 28.7 Å². The second kappa shape index (κ2) is 13.0.